The number of rotatable bonds is 3. The minimum Gasteiger partial charge on any atom is -0.325 e. The molecule has 0 aromatic heterocycles. The Morgan fingerprint density at radius 1 is 1.39 bits per heavy atom. The quantitative estimate of drug-likeness (QED) is 0.819. The summed E-state index contributed by atoms with van der Waals surface area (Å²) < 4.78 is 37.1. The van der Waals surface area contributed by atoms with Crippen LogP contribution >= 0.6 is 0 Å². The zero-order valence-electron chi connectivity index (χ0n) is 9.46. The van der Waals surface area contributed by atoms with Crippen molar-refractivity contribution in [2.45, 2.75) is 37.9 Å². The van der Waals surface area contributed by atoms with Crippen LogP contribution in [0.5, 0.6) is 0 Å². The van der Waals surface area contributed by atoms with E-state index in [1.807, 2.05) is 0 Å². The highest BCUT2D eigenvalue weighted by Gasteiger charge is 2.42. The molecular formula is C10H12F3N3O2. The molecular weight excluding hydrogens is 251 g/mol. The van der Waals surface area contributed by atoms with Crippen molar-refractivity contribution in [2.24, 2.45) is 5.10 Å². The molecule has 8 heteroatoms. The van der Waals surface area contributed by atoms with Crippen LogP contribution in [0.25, 0.3) is 0 Å². The van der Waals surface area contributed by atoms with Gasteiger partial charge < -0.3 is 4.90 Å². The SMILES string of the molecule is O=C1CCC(C(=O)N(CC(F)(F)F)C2CC2)=NN1. The second-order valence-corrected chi connectivity index (χ2v) is 4.37. The molecule has 5 nitrogen and oxygen atoms in total. The summed E-state index contributed by atoms with van der Waals surface area (Å²) in [6, 6.07) is -0.348. The first kappa shape index (κ1) is 12.8. The number of amides is 2. The summed E-state index contributed by atoms with van der Waals surface area (Å²) in [6.45, 7) is -1.26. The summed E-state index contributed by atoms with van der Waals surface area (Å²) in [7, 11) is 0. The monoisotopic (exact) mass is 263 g/mol. The van der Waals surface area contributed by atoms with Gasteiger partial charge in [-0.05, 0) is 12.8 Å². The second kappa shape index (κ2) is 4.58. The van der Waals surface area contributed by atoms with Crippen LogP contribution in [0.3, 0.4) is 0 Å². The summed E-state index contributed by atoms with van der Waals surface area (Å²) in [5.74, 6) is -1.06. The van der Waals surface area contributed by atoms with Crippen molar-refractivity contribution in [3.8, 4) is 0 Å². The van der Waals surface area contributed by atoms with Gasteiger partial charge in [-0.25, -0.2) is 5.43 Å². The Kier molecular flexibility index (Phi) is 3.27. The van der Waals surface area contributed by atoms with Crippen LogP contribution in [-0.2, 0) is 9.59 Å². The van der Waals surface area contributed by atoms with Crippen molar-refractivity contribution in [2.75, 3.05) is 6.54 Å². The molecule has 0 atom stereocenters. The van der Waals surface area contributed by atoms with Gasteiger partial charge in [-0.15, -0.1) is 0 Å². The number of hydrogen-bond donors (Lipinski definition) is 1. The van der Waals surface area contributed by atoms with Crippen LogP contribution in [0, 0.1) is 0 Å². The van der Waals surface area contributed by atoms with Gasteiger partial charge in [0.25, 0.3) is 5.91 Å². The summed E-state index contributed by atoms with van der Waals surface area (Å²) in [6.07, 6.45) is -3.08. The van der Waals surface area contributed by atoms with E-state index in [-0.39, 0.29) is 30.5 Å². The van der Waals surface area contributed by atoms with Gasteiger partial charge in [0.15, 0.2) is 0 Å². The molecule has 2 rings (SSSR count). The lowest BCUT2D eigenvalue weighted by atomic mass is 10.1. The van der Waals surface area contributed by atoms with Gasteiger partial charge >= 0.3 is 6.18 Å². The topological polar surface area (TPSA) is 61.8 Å². The zero-order chi connectivity index (χ0) is 13.3. The minimum atomic E-state index is -4.42. The lowest BCUT2D eigenvalue weighted by Gasteiger charge is -2.25. The first-order valence-electron chi connectivity index (χ1n) is 5.60. The molecule has 1 fully saturated rings. The smallest absolute Gasteiger partial charge is 0.325 e. The van der Waals surface area contributed by atoms with Crippen LogP contribution in [0.1, 0.15) is 25.7 Å². The van der Waals surface area contributed by atoms with Crippen molar-refractivity contribution in [1.29, 1.82) is 0 Å². The van der Waals surface area contributed by atoms with Gasteiger partial charge in [-0.2, -0.15) is 18.3 Å². The van der Waals surface area contributed by atoms with Crippen molar-refractivity contribution >= 4 is 17.5 Å². The molecule has 0 bridgehead atoms. The summed E-state index contributed by atoms with van der Waals surface area (Å²) in [5, 5.41) is 3.53. The van der Waals surface area contributed by atoms with Crippen molar-refractivity contribution in [3.05, 3.63) is 0 Å². The van der Waals surface area contributed by atoms with Crippen LogP contribution in [0.15, 0.2) is 5.10 Å². The molecule has 0 radical (unpaired) electrons. The molecule has 2 aliphatic rings. The van der Waals surface area contributed by atoms with Crippen LogP contribution in [0.2, 0.25) is 0 Å². The average Bonchev–Trinajstić information content (AvgIpc) is 3.08. The summed E-state index contributed by atoms with van der Waals surface area (Å²) in [4.78, 5) is 23.6. The van der Waals surface area contributed by atoms with Gasteiger partial charge in [-0.3, -0.25) is 9.59 Å². The molecule has 1 aliphatic heterocycles. The normalized spacial score (nSPS) is 20.2. The molecule has 1 aliphatic carbocycles. The van der Waals surface area contributed by atoms with Gasteiger partial charge in [0.05, 0.1) is 0 Å². The van der Waals surface area contributed by atoms with Crippen LogP contribution in [0.4, 0.5) is 13.2 Å². The van der Waals surface area contributed by atoms with Crippen molar-refractivity contribution < 1.29 is 22.8 Å². The Labute approximate surface area is 101 Å². The highest BCUT2D eigenvalue weighted by atomic mass is 19.4. The fourth-order valence-electron chi connectivity index (χ4n) is 1.74. The first-order valence-corrected chi connectivity index (χ1v) is 5.60. The predicted molar refractivity (Wildman–Crippen MR) is 55.6 cm³/mol. The number of alkyl halides is 3. The van der Waals surface area contributed by atoms with Crippen LogP contribution < -0.4 is 5.43 Å². The maximum atomic E-state index is 12.4. The Bertz CT molecular complexity index is 402. The third-order valence-corrected chi connectivity index (χ3v) is 2.75. The van der Waals surface area contributed by atoms with E-state index < -0.39 is 18.6 Å². The molecule has 1 saturated carbocycles. The van der Waals surface area contributed by atoms with Gasteiger partial charge in [0.2, 0.25) is 5.91 Å². The molecule has 1 N–H and O–H groups in total. The number of carbonyl (C=O) groups excluding carboxylic acids is 2. The van der Waals surface area contributed by atoms with Gasteiger partial charge in [0.1, 0.15) is 12.3 Å². The van der Waals surface area contributed by atoms with E-state index in [1.54, 1.807) is 0 Å². The van der Waals surface area contributed by atoms with Crippen LogP contribution in [-0.4, -0.2) is 41.2 Å². The Morgan fingerprint density at radius 2 is 2.06 bits per heavy atom. The third-order valence-electron chi connectivity index (χ3n) is 2.75. The third kappa shape index (κ3) is 3.21. The predicted octanol–water partition coefficient (Wildman–Crippen LogP) is 0.806. The highest BCUT2D eigenvalue weighted by molar-refractivity contribution is 6.39. The van der Waals surface area contributed by atoms with E-state index in [9.17, 15) is 22.8 Å². The number of hydrogen-bond acceptors (Lipinski definition) is 3. The number of nitrogens with zero attached hydrogens (tertiary/aromatic N) is 2. The zero-order valence-corrected chi connectivity index (χ0v) is 9.46. The fraction of sp³-hybridized carbons (Fsp3) is 0.700. The minimum absolute atomic E-state index is 0.00856. The molecule has 0 unspecified atom stereocenters. The number of hydrazone groups is 1. The maximum Gasteiger partial charge on any atom is 0.406 e. The fourth-order valence-corrected chi connectivity index (χ4v) is 1.74. The number of nitrogens with one attached hydrogen (secondary N) is 1. The Hall–Kier alpha value is -1.60. The molecule has 2 amide bonds. The van der Waals surface area contributed by atoms with Gasteiger partial charge in [-0.1, -0.05) is 0 Å². The Morgan fingerprint density at radius 3 is 2.50 bits per heavy atom. The van der Waals surface area contributed by atoms with E-state index in [0.717, 1.165) is 4.90 Å². The molecule has 100 valence electrons. The van der Waals surface area contributed by atoms with E-state index in [4.69, 9.17) is 0 Å². The lowest BCUT2D eigenvalue weighted by Crippen LogP contribution is -2.45. The second-order valence-electron chi connectivity index (χ2n) is 4.37. The molecule has 0 spiro atoms. The summed E-state index contributed by atoms with van der Waals surface area (Å²) >= 11 is 0. The standard InChI is InChI=1S/C10H12F3N3O2/c11-10(12,13)5-16(6-1-2-6)9(18)7-3-4-8(17)15-14-7/h6H,1-5H2,(H,15,17). The van der Waals surface area contributed by atoms with E-state index in [1.165, 1.54) is 0 Å². The average molecular weight is 263 g/mol. The molecule has 18 heavy (non-hydrogen) atoms. The van der Waals surface area contributed by atoms with Gasteiger partial charge in [0, 0.05) is 18.9 Å². The van der Waals surface area contributed by atoms with E-state index in [2.05, 4.69) is 10.5 Å². The lowest BCUT2D eigenvalue weighted by molar-refractivity contribution is -0.158. The summed E-state index contributed by atoms with van der Waals surface area (Å²) in [5.41, 5.74) is 2.10. The van der Waals surface area contributed by atoms with Crippen molar-refractivity contribution in [1.82, 2.24) is 10.3 Å². The molecule has 0 saturated heterocycles. The molecule has 1 heterocycles. The van der Waals surface area contributed by atoms with E-state index >= 15 is 0 Å². The van der Waals surface area contributed by atoms with E-state index in [0.29, 0.717) is 12.8 Å². The number of carbonyl (C=O) groups is 2. The molecule has 0 aromatic carbocycles. The largest absolute Gasteiger partial charge is 0.406 e. The highest BCUT2D eigenvalue weighted by Crippen LogP contribution is 2.30. The molecule has 0 aromatic rings. The first-order chi connectivity index (χ1) is 8.37. The Balaban J connectivity index is 2.06. The number of halogens is 3. The van der Waals surface area contributed by atoms with Crippen molar-refractivity contribution in [3.63, 3.8) is 0 Å². The maximum absolute atomic E-state index is 12.4.